The smallest absolute Gasteiger partial charge is 0.214 e. The molecule has 6 nitrogen and oxygen atoms in total. The van der Waals surface area contributed by atoms with E-state index in [1.807, 2.05) is 36.2 Å². The summed E-state index contributed by atoms with van der Waals surface area (Å²) in [5.41, 5.74) is 1.09. The fourth-order valence-electron chi connectivity index (χ4n) is 2.60. The molecule has 1 aliphatic heterocycles. The molecule has 0 aliphatic carbocycles. The van der Waals surface area contributed by atoms with Crippen LogP contribution in [0.1, 0.15) is 12.0 Å². The Bertz CT molecular complexity index is 669. The van der Waals surface area contributed by atoms with Crippen LogP contribution in [0.3, 0.4) is 0 Å². The summed E-state index contributed by atoms with van der Waals surface area (Å²) in [4.78, 5) is 6.21. The van der Waals surface area contributed by atoms with Gasteiger partial charge in [0.25, 0.3) is 0 Å². The molecule has 0 amide bonds. The number of guanidine groups is 1. The van der Waals surface area contributed by atoms with E-state index in [0.29, 0.717) is 37.6 Å². The van der Waals surface area contributed by atoms with Gasteiger partial charge < -0.3 is 10.2 Å². The SMILES string of the molecule is CN=C(NCCN1CCCS1(=O)=O)N(C)Cc1cccc(Cl)c1.I. The Morgan fingerprint density at radius 2 is 2.21 bits per heavy atom. The topological polar surface area (TPSA) is 65.0 Å². The van der Waals surface area contributed by atoms with Crippen LogP contribution in [0.15, 0.2) is 29.3 Å². The first-order valence-corrected chi connectivity index (χ1v) is 9.55. The van der Waals surface area contributed by atoms with Crippen molar-refractivity contribution in [2.24, 2.45) is 4.99 Å². The highest BCUT2D eigenvalue weighted by molar-refractivity contribution is 14.0. The third-order valence-corrected chi connectivity index (χ3v) is 5.92. The molecule has 0 atom stereocenters. The molecule has 1 saturated heterocycles. The second-order valence-electron chi connectivity index (χ2n) is 5.53. The van der Waals surface area contributed by atoms with Crippen molar-refractivity contribution in [2.75, 3.05) is 39.5 Å². The zero-order valence-corrected chi connectivity index (χ0v) is 17.8. The van der Waals surface area contributed by atoms with E-state index in [0.717, 1.165) is 11.5 Å². The monoisotopic (exact) mass is 486 g/mol. The molecule has 1 fully saturated rings. The predicted molar refractivity (Wildman–Crippen MR) is 110 cm³/mol. The van der Waals surface area contributed by atoms with Gasteiger partial charge in [-0.3, -0.25) is 4.99 Å². The lowest BCUT2D eigenvalue weighted by molar-refractivity contribution is 0.432. The van der Waals surface area contributed by atoms with Crippen LogP contribution in [-0.4, -0.2) is 63.1 Å². The van der Waals surface area contributed by atoms with Crippen molar-refractivity contribution in [2.45, 2.75) is 13.0 Å². The minimum absolute atomic E-state index is 0. The van der Waals surface area contributed by atoms with Crippen LogP contribution in [0, 0.1) is 0 Å². The molecule has 1 N–H and O–H groups in total. The number of benzene rings is 1. The van der Waals surface area contributed by atoms with Crippen LogP contribution < -0.4 is 5.32 Å². The summed E-state index contributed by atoms with van der Waals surface area (Å²) >= 11 is 6.00. The quantitative estimate of drug-likeness (QED) is 0.393. The number of nitrogens with one attached hydrogen (secondary N) is 1. The van der Waals surface area contributed by atoms with Crippen LogP contribution in [0.25, 0.3) is 0 Å². The fourth-order valence-corrected chi connectivity index (χ4v) is 4.35. The predicted octanol–water partition coefficient (Wildman–Crippen LogP) is 2.00. The third-order valence-electron chi connectivity index (χ3n) is 3.73. The van der Waals surface area contributed by atoms with Gasteiger partial charge in [-0.05, 0) is 24.1 Å². The standard InChI is InChI=1S/C15H23ClN4O2S.HI/c1-17-15(18-7-9-20-8-4-10-23(20,21)22)19(2)12-13-5-3-6-14(16)11-13;/h3,5-6,11H,4,7-10,12H2,1-2H3,(H,17,18);1H. The van der Waals surface area contributed by atoms with Crippen molar-refractivity contribution in [1.82, 2.24) is 14.5 Å². The number of rotatable bonds is 5. The Hall–Kier alpha value is -0.580. The molecule has 0 unspecified atom stereocenters. The summed E-state index contributed by atoms with van der Waals surface area (Å²) in [6.45, 7) is 2.28. The fraction of sp³-hybridized carbons (Fsp3) is 0.533. The van der Waals surface area contributed by atoms with Crippen molar-refractivity contribution in [3.63, 3.8) is 0 Å². The maximum atomic E-state index is 11.8. The third kappa shape index (κ3) is 6.05. The van der Waals surface area contributed by atoms with E-state index in [1.165, 1.54) is 4.31 Å². The number of sulfonamides is 1. The highest BCUT2D eigenvalue weighted by Gasteiger charge is 2.27. The van der Waals surface area contributed by atoms with Gasteiger partial charge in [0, 0.05) is 45.3 Å². The Labute approximate surface area is 166 Å². The first-order valence-electron chi connectivity index (χ1n) is 7.56. The normalized spacial score (nSPS) is 17.4. The van der Waals surface area contributed by atoms with E-state index in [1.54, 1.807) is 7.05 Å². The summed E-state index contributed by atoms with van der Waals surface area (Å²) < 4.78 is 25.0. The van der Waals surface area contributed by atoms with E-state index in [-0.39, 0.29) is 29.7 Å². The van der Waals surface area contributed by atoms with Crippen LogP contribution in [0.2, 0.25) is 5.02 Å². The summed E-state index contributed by atoms with van der Waals surface area (Å²) in [6.07, 6.45) is 0.714. The minimum atomic E-state index is -3.04. The van der Waals surface area contributed by atoms with E-state index in [9.17, 15) is 8.42 Å². The van der Waals surface area contributed by atoms with Crippen molar-refractivity contribution in [3.8, 4) is 0 Å². The molecule has 9 heteroatoms. The van der Waals surface area contributed by atoms with Gasteiger partial charge in [0.15, 0.2) is 5.96 Å². The van der Waals surface area contributed by atoms with Crippen molar-refractivity contribution in [3.05, 3.63) is 34.9 Å². The number of hydrogen-bond donors (Lipinski definition) is 1. The lowest BCUT2D eigenvalue weighted by Gasteiger charge is -2.23. The van der Waals surface area contributed by atoms with Gasteiger partial charge in [-0.2, -0.15) is 0 Å². The minimum Gasteiger partial charge on any atom is -0.355 e. The Morgan fingerprint density at radius 3 is 2.79 bits per heavy atom. The molecule has 0 radical (unpaired) electrons. The van der Waals surface area contributed by atoms with Gasteiger partial charge in [0.1, 0.15) is 0 Å². The van der Waals surface area contributed by atoms with Gasteiger partial charge in [-0.1, -0.05) is 23.7 Å². The average Bonchev–Trinajstić information content (AvgIpc) is 2.82. The molecule has 2 rings (SSSR count). The maximum absolute atomic E-state index is 11.8. The highest BCUT2D eigenvalue weighted by Crippen LogP contribution is 2.13. The summed E-state index contributed by atoms with van der Waals surface area (Å²) in [5, 5.41) is 3.91. The van der Waals surface area contributed by atoms with Crippen LogP contribution >= 0.6 is 35.6 Å². The van der Waals surface area contributed by atoms with Crippen molar-refractivity contribution >= 4 is 51.6 Å². The van der Waals surface area contributed by atoms with Gasteiger partial charge >= 0.3 is 0 Å². The first-order chi connectivity index (χ1) is 10.9. The van der Waals surface area contributed by atoms with Gasteiger partial charge in [0.2, 0.25) is 10.0 Å². The van der Waals surface area contributed by atoms with Gasteiger partial charge in [0.05, 0.1) is 5.75 Å². The summed E-state index contributed by atoms with van der Waals surface area (Å²) in [5.74, 6) is 0.984. The molecule has 0 aromatic heterocycles. The lowest BCUT2D eigenvalue weighted by atomic mass is 10.2. The van der Waals surface area contributed by atoms with E-state index in [2.05, 4.69) is 10.3 Å². The first kappa shape index (κ1) is 21.5. The summed E-state index contributed by atoms with van der Waals surface area (Å²) in [7, 11) is 0.605. The molecule has 0 bridgehead atoms. The van der Waals surface area contributed by atoms with Crippen LogP contribution in [0.4, 0.5) is 0 Å². The average molecular weight is 487 g/mol. The molecular weight excluding hydrogens is 463 g/mol. The highest BCUT2D eigenvalue weighted by atomic mass is 127. The second-order valence-corrected chi connectivity index (χ2v) is 8.05. The molecule has 136 valence electrons. The molecule has 1 aromatic carbocycles. The molecular formula is C15H24ClIN4O2S. The zero-order valence-electron chi connectivity index (χ0n) is 13.9. The van der Waals surface area contributed by atoms with Gasteiger partial charge in [-0.15, -0.1) is 24.0 Å². The second kappa shape index (κ2) is 9.79. The zero-order chi connectivity index (χ0) is 16.9. The number of halogens is 2. The largest absolute Gasteiger partial charge is 0.355 e. The molecule has 24 heavy (non-hydrogen) atoms. The lowest BCUT2D eigenvalue weighted by Crippen LogP contribution is -2.42. The Kier molecular flexibility index (Phi) is 8.75. The molecule has 1 aliphatic rings. The number of nitrogens with zero attached hydrogens (tertiary/aromatic N) is 3. The van der Waals surface area contributed by atoms with Crippen molar-refractivity contribution in [1.29, 1.82) is 0 Å². The molecule has 1 aromatic rings. The molecule has 0 spiro atoms. The van der Waals surface area contributed by atoms with E-state index >= 15 is 0 Å². The number of aliphatic imine (C=N–C) groups is 1. The summed E-state index contributed by atoms with van der Waals surface area (Å²) in [6, 6.07) is 7.68. The van der Waals surface area contributed by atoms with E-state index < -0.39 is 10.0 Å². The Morgan fingerprint density at radius 1 is 1.46 bits per heavy atom. The number of hydrogen-bond acceptors (Lipinski definition) is 3. The molecule has 1 heterocycles. The van der Waals surface area contributed by atoms with E-state index in [4.69, 9.17) is 11.6 Å². The van der Waals surface area contributed by atoms with Gasteiger partial charge in [-0.25, -0.2) is 12.7 Å². The molecule has 0 saturated carbocycles. The maximum Gasteiger partial charge on any atom is 0.214 e. The van der Waals surface area contributed by atoms with Crippen molar-refractivity contribution < 1.29 is 8.42 Å². The Balaban J connectivity index is 0.00000288. The van der Waals surface area contributed by atoms with Crippen LogP contribution in [0.5, 0.6) is 0 Å². The van der Waals surface area contributed by atoms with Crippen LogP contribution in [-0.2, 0) is 16.6 Å².